The third kappa shape index (κ3) is 4.18. The molecular weight excluding hydrogens is 366 g/mol. The minimum atomic E-state index is -0.146. The van der Waals surface area contributed by atoms with Gasteiger partial charge in [0.1, 0.15) is 12.7 Å². The maximum Gasteiger partial charge on any atom is 0.255 e. The van der Waals surface area contributed by atoms with Crippen LogP contribution < -0.4 is 5.32 Å². The van der Waals surface area contributed by atoms with Gasteiger partial charge in [-0.15, -0.1) is 10.2 Å². The number of nitrogens with one attached hydrogen (secondary N) is 1. The molecule has 2 aromatic carbocycles. The Kier molecular flexibility index (Phi) is 5.37. The molecule has 1 aliphatic heterocycles. The summed E-state index contributed by atoms with van der Waals surface area (Å²) in [4.78, 5) is 27.4. The van der Waals surface area contributed by atoms with Gasteiger partial charge in [0.05, 0.1) is 17.7 Å². The van der Waals surface area contributed by atoms with E-state index in [4.69, 9.17) is 0 Å². The van der Waals surface area contributed by atoms with E-state index >= 15 is 0 Å². The molecule has 7 heteroatoms. The molecule has 29 heavy (non-hydrogen) atoms. The Morgan fingerprint density at radius 3 is 2.38 bits per heavy atom. The second kappa shape index (κ2) is 8.26. The minimum Gasteiger partial charge on any atom is -0.339 e. The lowest BCUT2D eigenvalue weighted by Gasteiger charge is -2.19. The summed E-state index contributed by atoms with van der Waals surface area (Å²) in [5.74, 6) is -0.161. The number of para-hydroxylation sites is 1. The summed E-state index contributed by atoms with van der Waals surface area (Å²) in [6.07, 6.45) is 5.54. The summed E-state index contributed by atoms with van der Waals surface area (Å²) in [7, 11) is 0. The van der Waals surface area contributed by atoms with Crippen molar-refractivity contribution < 1.29 is 9.59 Å². The molecule has 148 valence electrons. The number of hydrogen-bond donors (Lipinski definition) is 1. The fraction of sp³-hybridized carbons (Fsp3) is 0.273. The summed E-state index contributed by atoms with van der Waals surface area (Å²) in [6.45, 7) is 3.46. The lowest BCUT2D eigenvalue weighted by atomic mass is 10.1. The highest BCUT2D eigenvalue weighted by Crippen LogP contribution is 2.24. The molecule has 0 bridgehead atoms. The van der Waals surface area contributed by atoms with E-state index in [1.807, 2.05) is 48.2 Å². The Morgan fingerprint density at radius 1 is 1.00 bits per heavy atom. The van der Waals surface area contributed by atoms with Crippen LogP contribution in [0.25, 0.3) is 5.69 Å². The first-order valence-electron chi connectivity index (χ1n) is 9.74. The third-order valence-corrected chi connectivity index (χ3v) is 5.18. The molecule has 2 amide bonds. The lowest BCUT2D eigenvalue weighted by Crippen LogP contribution is -2.29. The van der Waals surface area contributed by atoms with Gasteiger partial charge in [-0.05, 0) is 49.1 Å². The van der Waals surface area contributed by atoms with Crippen LogP contribution in [-0.2, 0) is 11.2 Å². The number of aromatic nitrogens is 3. The summed E-state index contributed by atoms with van der Waals surface area (Å²) in [5.41, 5.74) is 3.86. The summed E-state index contributed by atoms with van der Waals surface area (Å²) >= 11 is 0. The van der Waals surface area contributed by atoms with E-state index in [-0.39, 0.29) is 18.2 Å². The Morgan fingerprint density at radius 2 is 1.69 bits per heavy atom. The van der Waals surface area contributed by atoms with E-state index in [0.29, 0.717) is 11.3 Å². The zero-order chi connectivity index (χ0) is 20.2. The van der Waals surface area contributed by atoms with Crippen molar-refractivity contribution in [3.63, 3.8) is 0 Å². The molecule has 4 rings (SSSR count). The first-order chi connectivity index (χ1) is 14.1. The minimum absolute atomic E-state index is 0.0141. The fourth-order valence-electron chi connectivity index (χ4n) is 3.59. The Balaban J connectivity index is 1.47. The Hall–Kier alpha value is -3.48. The molecule has 0 saturated carbocycles. The molecule has 1 aromatic heterocycles. The van der Waals surface area contributed by atoms with Gasteiger partial charge in [0.15, 0.2) is 0 Å². The molecule has 2 heterocycles. The molecule has 0 atom stereocenters. The van der Waals surface area contributed by atoms with Gasteiger partial charge in [-0.1, -0.05) is 24.3 Å². The second-order valence-corrected chi connectivity index (χ2v) is 7.26. The molecule has 7 nitrogen and oxygen atoms in total. The van der Waals surface area contributed by atoms with Crippen molar-refractivity contribution in [2.24, 2.45) is 0 Å². The highest BCUT2D eigenvalue weighted by atomic mass is 16.2. The molecule has 1 saturated heterocycles. The number of carbonyl (C=O) groups is 2. The fourth-order valence-corrected chi connectivity index (χ4v) is 3.59. The Labute approximate surface area is 169 Å². The van der Waals surface area contributed by atoms with Crippen LogP contribution in [0.15, 0.2) is 55.1 Å². The van der Waals surface area contributed by atoms with E-state index in [2.05, 4.69) is 15.5 Å². The largest absolute Gasteiger partial charge is 0.339 e. The smallest absolute Gasteiger partial charge is 0.255 e. The highest BCUT2D eigenvalue weighted by Gasteiger charge is 2.23. The van der Waals surface area contributed by atoms with Crippen LogP contribution in [0.1, 0.15) is 34.3 Å². The SMILES string of the molecule is Cc1cccc(C(=O)N2CCCC2)c1NC(=O)Cc1ccc(-n2cnnc2)cc1. The maximum absolute atomic E-state index is 12.9. The van der Waals surface area contributed by atoms with Crippen LogP contribution in [0.5, 0.6) is 0 Å². The van der Waals surface area contributed by atoms with E-state index < -0.39 is 0 Å². The number of nitrogens with zero attached hydrogens (tertiary/aromatic N) is 4. The number of benzene rings is 2. The Bertz CT molecular complexity index is 1010. The number of hydrogen-bond acceptors (Lipinski definition) is 4. The molecule has 0 unspecified atom stereocenters. The number of carbonyl (C=O) groups excluding carboxylic acids is 2. The molecule has 0 aliphatic carbocycles. The van der Waals surface area contributed by atoms with Gasteiger partial charge in [-0.2, -0.15) is 0 Å². The molecule has 0 spiro atoms. The number of likely N-dealkylation sites (tertiary alicyclic amines) is 1. The van der Waals surface area contributed by atoms with Crippen molar-refractivity contribution in [2.45, 2.75) is 26.2 Å². The van der Waals surface area contributed by atoms with Crippen LogP contribution >= 0.6 is 0 Å². The topological polar surface area (TPSA) is 80.1 Å². The van der Waals surface area contributed by atoms with E-state index in [9.17, 15) is 9.59 Å². The zero-order valence-corrected chi connectivity index (χ0v) is 16.3. The first-order valence-corrected chi connectivity index (χ1v) is 9.74. The lowest BCUT2D eigenvalue weighted by molar-refractivity contribution is -0.115. The van der Waals surface area contributed by atoms with Gasteiger partial charge in [0.25, 0.3) is 5.91 Å². The van der Waals surface area contributed by atoms with E-state index in [0.717, 1.165) is 42.7 Å². The van der Waals surface area contributed by atoms with Gasteiger partial charge < -0.3 is 10.2 Å². The van der Waals surface area contributed by atoms with Crippen LogP contribution in [0.3, 0.4) is 0 Å². The van der Waals surface area contributed by atoms with Crippen molar-refractivity contribution in [3.8, 4) is 5.69 Å². The van der Waals surface area contributed by atoms with Gasteiger partial charge >= 0.3 is 0 Å². The van der Waals surface area contributed by atoms with Crippen LogP contribution in [-0.4, -0.2) is 44.6 Å². The predicted molar refractivity (Wildman–Crippen MR) is 110 cm³/mol. The average Bonchev–Trinajstić information content (AvgIpc) is 3.44. The predicted octanol–water partition coefficient (Wildman–Crippen LogP) is 2.99. The molecule has 1 N–H and O–H groups in total. The first kappa shape index (κ1) is 18.9. The van der Waals surface area contributed by atoms with E-state index in [1.54, 1.807) is 23.3 Å². The quantitative estimate of drug-likeness (QED) is 0.727. The van der Waals surface area contributed by atoms with Gasteiger partial charge in [0.2, 0.25) is 5.91 Å². The van der Waals surface area contributed by atoms with Crippen molar-refractivity contribution in [1.29, 1.82) is 0 Å². The second-order valence-electron chi connectivity index (χ2n) is 7.26. The number of amides is 2. The van der Waals surface area contributed by atoms with Gasteiger partial charge in [-0.3, -0.25) is 14.2 Å². The van der Waals surface area contributed by atoms with Crippen molar-refractivity contribution >= 4 is 17.5 Å². The molecule has 3 aromatic rings. The van der Waals surface area contributed by atoms with Crippen LogP contribution in [0.2, 0.25) is 0 Å². The van der Waals surface area contributed by atoms with Crippen molar-refractivity contribution in [2.75, 3.05) is 18.4 Å². The van der Waals surface area contributed by atoms with E-state index in [1.165, 1.54) is 0 Å². The standard InChI is InChI=1S/C22H23N5O2/c1-16-5-4-6-19(22(29)26-11-2-3-12-26)21(16)25-20(28)13-17-7-9-18(10-8-17)27-14-23-24-15-27/h4-10,14-15H,2-3,11-13H2,1H3,(H,25,28). The van der Waals surface area contributed by atoms with Gasteiger partial charge in [0, 0.05) is 18.8 Å². The molecule has 1 aliphatic rings. The normalized spacial score (nSPS) is 13.5. The van der Waals surface area contributed by atoms with Gasteiger partial charge in [-0.25, -0.2) is 0 Å². The number of rotatable bonds is 5. The summed E-state index contributed by atoms with van der Waals surface area (Å²) in [6, 6.07) is 13.2. The third-order valence-electron chi connectivity index (χ3n) is 5.18. The monoisotopic (exact) mass is 389 g/mol. The number of anilines is 1. The number of aryl methyl sites for hydroxylation is 1. The average molecular weight is 389 g/mol. The highest BCUT2D eigenvalue weighted by molar-refractivity contribution is 6.05. The summed E-state index contributed by atoms with van der Waals surface area (Å²) in [5, 5.41) is 10.5. The molecular formula is C22H23N5O2. The summed E-state index contributed by atoms with van der Waals surface area (Å²) < 4.78 is 1.80. The maximum atomic E-state index is 12.9. The van der Waals surface area contributed by atoms with Crippen LogP contribution in [0, 0.1) is 6.92 Å². The van der Waals surface area contributed by atoms with Crippen molar-refractivity contribution in [1.82, 2.24) is 19.7 Å². The molecule has 0 radical (unpaired) electrons. The zero-order valence-electron chi connectivity index (χ0n) is 16.3. The van der Waals surface area contributed by atoms with Crippen LogP contribution in [0.4, 0.5) is 5.69 Å². The van der Waals surface area contributed by atoms with Crippen molar-refractivity contribution in [3.05, 3.63) is 71.8 Å². The molecule has 1 fully saturated rings.